The van der Waals surface area contributed by atoms with Gasteiger partial charge in [-0.3, -0.25) is 4.68 Å². The number of carbonyl (C=O) groups excluding carboxylic acids is 1. The molecule has 3 aliphatic heterocycles. The number of carbonyl (C=O) groups is 1. The predicted octanol–water partition coefficient (Wildman–Crippen LogP) is 3.63. The molecule has 2 amide bonds. The third kappa shape index (κ3) is 3.25. The van der Waals surface area contributed by atoms with Crippen molar-refractivity contribution in [1.82, 2.24) is 20.0 Å². The lowest BCUT2D eigenvalue weighted by molar-refractivity contribution is -0.0618. The molecule has 3 fully saturated rings. The highest BCUT2D eigenvalue weighted by atomic mass is 16.5. The van der Waals surface area contributed by atoms with Crippen LogP contribution < -0.4 is 5.32 Å². The summed E-state index contributed by atoms with van der Waals surface area (Å²) in [4.78, 5) is 15.0. The van der Waals surface area contributed by atoms with Crippen LogP contribution in [-0.4, -0.2) is 51.0 Å². The van der Waals surface area contributed by atoms with Crippen LogP contribution in [0.3, 0.4) is 0 Å². The molecule has 1 aromatic rings. The molecule has 1 spiro atoms. The Balaban J connectivity index is 1.19. The average Bonchev–Trinajstić information content (AvgIpc) is 3.37. The van der Waals surface area contributed by atoms with Crippen LogP contribution in [0.15, 0.2) is 18.3 Å². The van der Waals surface area contributed by atoms with Crippen LogP contribution >= 0.6 is 0 Å². The third-order valence-electron chi connectivity index (χ3n) is 7.36. The van der Waals surface area contributed by atoms with Crippen molar-refractivity contribution in [2.75, 3.05) is 6.54 Å². The van der Waals surface area contributed by atoms with E-state index in [1.54, 1.807) is 0 Å². The monoisotopic (exact) mass is 384 g/mol. The number of aryl methyl sites for hydroxylation is 1. The van der Waals surface area contributed by atoms with Crippen molar-refractivity contribution in [3.8, 4) is 0 Å². The average molecular weight is 385 g/mol. The quantitative estimate of drug-likeness (QED) is 0.866. The first kappa shape index (κ1) is 18.2. The molecule has 4 aliphatic rings. The smallest absolute Gasteiger partial charge is 0.318 e. The predicted molar refractivity (Wildman–Crippen MR) is 108 cm³/mol. The number of nitrogens with one attached hydrogen (secondary N) is 1. The van der Waals surface area contributed by atoms with Crippen LogP contribution in [0.4, 0.5) is 4.79 Å². The highest BCUT2D eigenvalue weighted by molar-refractivity contribution is 5.78. The molecule has 6 heteroatoms. The van der Waals surface area contributed by atoms with E-state index in [-0.39, 0.29) is 23.8 Å². The Labute approximate surface area is 167 Å². The summed E-state index contributed by atoms with van der Waals surface area (Å²) in [5.41, 5.74) is 2.63. The summed E-state index contributed by atoms with van der Waals surface area (Å²) in [5.74, 6) is 0. The molecule has 3 atom stereocenters. The van der Waals surface area contributed by atoms with Crippen LogP contribution in [0.1, 0.15) is 69.9 Å². The van der Waals surface area contributed by atoms with Gasteiger partial charge in [0.15, 0.2) is 0 Å². The molecule has 2 bridgehead atoms. The summed E-state index contributed by atoms with van der Waals surface area (Å²) in [5, 5.41) is 7.49. The second kappa shape index (κ2) is 7.21. The van der Waals surface area contributed by atoms with Gasteiger partial charge in [0.05, 0.1) is 23.4 Å². The molecule has 1 aromatic heterocycles. The number of rotatable bonds is 3. The second-order valence-corrected chi connectivity index (χ2v) is 9.15. The lowest BCUT2D eigenvalue weighted by atomic mass is 9.83. The maximum Gasteiger partial charge on any atom is 0.318 e. The van der Waals surface area contributed by atoms with E-state index in [2.05, 4.69) is 27.5 Å². The molecule has 5 rings (SSSR count). The number of nitrogens with zero attached hydrogens (tertiary/aromatic N) is 3. The minimum absolute atomic E-state index is 0.0843. The van der Waals surface area contributed by atoms with Crippen molar-refractivity contribution in [1.29, 1.82) is 0 Å². The maximum atomic E-state index is 13.0. The van der Waals surface area contributed by atoms with Gasteiger partial charge in [0.25, 0.3) is 0 Å². The fourth-order valence-electron chi connectivity index (χ4n) is 5.92. The number of urea groups is 1. The number of amides is 2. The van der Waals surface area contributed by atoms with Gasteiger partial charge in [0, 0.05) is 25.8 Å². The Morgan fingerprint density at radius 1 is 1.25 bits per heavy atom. The number of ether oxygens (including phenoxy) is 1. The molecule has 28 heavy (non-hydrogen) atoms. The minimum atomic E-state index is 0.0843. The Bertz CT molecular complexity index is 764. The molecule has 3 unspecified atom stereocenters. The first-order valence-corrected chi connectivity index (χ1v) is 11.1. The van der Waals surface area contributed by atoms with Gasteiger partial charge >= 0.3 is 6.03 Å². The largest absolute Gasteiger partial charge is 0.370 e. The Morgan fingerprint density at radius 2 is 2.11 bits per heavy atom. The van der Waals surface area contributed by atoms with Crippen molar-refractivity contribution in [2.24, 2.45) is 7.05 Å². The van der Waals surface area contributed by atoms with Gasteiger partial charge in [0.1, 0.15) is 0 Å². The van der Waals surface area contributed by atoms with Gasteiger partial charge in [-0.2, -0.15) is 5.10 Å². The molecule has 1 N–H and O–H groups in total. The summed E-state index contributed by atoms with van der Waals surface area (Å²) in [6.45, 7) is 0.648. The molecule has 0 aromatic carbocycles. The minimum Gasteiger partial charge on any atom is -0.370 e. The second-order valence-electron chi connectivity index (χ2n) is 9.15. The van der Waals surface area contributed by atoms with E-state index in [1.165, 1.54) is 49.8 Å². The van der Waals surface area contributed by atoms with Crippen LogP contribution in [0.2, 0.25) is 0 Å². The SMILES string of the molecule is Cn1nccc1C1=CC2CCC(C1)N2C(=O)NCC1CCC2(CCCCC2)O1. The first-order valence-electron chi connectivity index (χ1n) is 11.1. The lowest BCUT2D eigenvalue weighted by Gasteiger charge is -2.35. The fraction of sp³-hybridized carbons (Fsp3) is 0.727. The van der Waals surface area contributed by atoms with Gasteiger partial charge in [-0.1, -0.05) is 25.3 Å². The van der Waals surface area contributed by atoms with Crippen LogP contribution in [0.5, 0.6) is 0 Å². The van der Waals surface area contributed by atoms with E-state index in [4.69, 9.17) is 4.74 Å². The Morgan fingerprint density at radius 3 is 2.86 bits per heavy atom. The number of hydrogen-bond acceptors (Lipinski definition) is 3. The van der Waals surface area contributed by atoms with Crippen LogP contribution in [0, 0.1) is 0 Å². The number of aromatic nitrogens is 2. The summed E-state index contributed by atoms with van der Waals surface area (Å²) in [7, 11) is 1.98. The summed E-state index contributed by atoms with van der Waals surface area (Å²) < 4.78 is 8.35. The highest BCUT2D eigenvalue weighted by Crippen LogP contribution is 2.42. The Kier molecular flexibility index (Phi) is 4.69. The van der Waals surface area contributed by atoms with E-state index in [1.807, 2.05) is 17.9 Å². The fourth-order valence-corrected chi connectivity index (χ4v) is 5.92. The summed E-state index contributed by atoms with van der Waals surface area (Å²) in [6, 6.07) is 2.66. The zero-order chi connectivity index (χ0) is 19.1. The lowest BCUT2D eigenvalue weighted by Crippen LogP contribution is -2.49. The van der Waals surface area contributed by atoms with Gasteiger partial charge in [-0.05, 0) is 56.6 Å². The zero-order valence-electron chi connectivity index (χ0n) is 16.9. The van der Waals surface area contributed by atoms with Crippen molar-refractivity contribution >= 4 is 11.6 Å². The molecule has 1 saturated carbocycles. The first-order chi connectivity index (χ1) is 13.6. The molecule has 4 heterocycles. The van der Waals surface area contributed by atoms with Gasteiger partial charge in [-0.15, -0.1) is 0 Å². The van der Waals surface area contributed by atoms with E-state index in [9.17, 15) is 4.79 Å². The standard InChI is InChI=1S/C22H32N4O2/c1-25-20(8-12-24-25)16-13-17-5-6-18(14-16)26(17)21(27)23-15-19-7-11-22(28-19)9-3-2-4-10-22/h8,12-13,17-19H,2-7,9-11,14-15H2,1H3,(H,23,27). The van der Waals surface area contributed by atoms with Crippen molar-refractivity contribution in [2.45, 2.75) is 88.0 Å². The number of hydrogen-bond donors (Lipinski definition) is 1. The van der Waals surface area contributed by atoms with Gasteiger partial charge in [-0.25, -0.2) is 4.79 Å². The van der Waals surface area contributed by atoms with Gasteiger partial charge < -0.3 is 15.0 Å². The molecule has 6 nitrogen and oxygen atoms in total. The van der Waals surface area contributed by atoms with Crippen LogP contribution in [-0.2, 0) is 11.8 Å². The van der Waals surface area contributed by atoms with Crippen molar-refractivity contribution in [3.05, 3.63) is 24.0 Å². The molecule has 0 radical (unpaired) electrons. The van der Waals surface area contributed by atoms with Crippen molar-refractivity contribution < 1.29 is 9.53 Å². The van der Waals surface area contributed by atoms with Crippen LogP contribution in [0.25, 0.3) is 5.57 Å². The molecule has 1 aliphatic carbocycles. The maximum absolute atomic E-state index is 13.0. The molecule has 152 valence electrons. The molecular formula is C22H32N4O2. The van der Waals surface area contributed by atoms with E-state index in [0.717, 1.165) is 25.7 Å². The highest BCUT2D eigenvalue weighted by Gasteiger charge is 2.42. The van der Waals surface area contributed by atoms with E-state index >= 15 is 0 Å². The molecule has 2 saturated heterocycles. The zero-order valence-corrected chi connectivity index (χ0v) is 16.9. The van der Waals surface area contributed by atoms with Gasteiger partial charge in [0.2, 0.25) is 0 Å². The molecular weight excluding hydrogens is 352 g/mol. The van der Waals surface area contributed by atoms with Crippen molar-refractivity contribution in [3.63, 3.8) is 0 Å². The topological polar surface area (TPSA) is 59.4 Å². The van der Waals surface area contributed by atoms with E-state index < -0.39 is 0 Å². The summed E-state index contributed by atoms with van der Waals surface area (Å²) >= 11 is 0. The normalized spacial score (nSPS) is 31.2. The number of fused-ring (bicyclic) bond motifs is 2. The third-order valence-corrected chi connectivity index (χ3v) is 7.36. The Hall–Kier alpha value is -1.82. The summed E-state index contributed by atoms with van der Waals surface area (Å²) in [6.07, 6.45) is 16.0. The van der Waals surface area contributed by atoms with E-state index in [0.29, 0.717) is 12.6 Å².